The highest BCUT2D eigenvalue weighted by atomic mass is 35.5. The maximum absolute atomic E-state index is 11.1. The second-order valence-electron chi connectivity index (χ2n) is 3.40. The van der Waals surface area contributed by atoms with Crippen LogP contribution in [0.25, 0.3) is 0 Å². The molecule has 0 aromatic carbocycles. The summed E-state index contributed by atoms with van der Waals surface area (Å²) in [7, 11) is 1.70. The number of rotatable bonds is 2. The molecule has 1 fully saturated rings. The van der Waals surface area contributed by atoms with Gasteiger partial charge in [0.15, 0.2) is 0 Å². The lowest BCUT2D eigenvalue weighted by Crippen LogP contribution is -2.33. The highest BCUT2D eigenvalue weighted by molar-refractivity contribution is 6.22. The Hall–Kier alpha value is -0.0800. The van der Waals surface area contributed by atoms with Crippen molar-refractivity contribution in [3.05, 3.63) is 0 Å². The third-order valence-corrected chi connectivity index (χ3v) is 3.06. The third kappa shape index (κ3) is 2.20. The molecule has 3 unspecified atom stereocenters. The molecule has 1 rings (SSSR count). The molecule has 1 aliphatic carbocycles. The van der Waals surface area contributed by atoms with Crippen LogP contribution in [0.2, 0.25) is 0 Å². The molecule has 0 aromatic heterocycles. The molecule has 0 bridgehead atoms. The minimum Gasteiger partial charge on any atom is -0.381 e. The molecule has 0 radical (unpaired) electrons. The van der Waals surface area contributed by atoms with Crippen molar-refractivity contribution in [2.75, 3.05) is 7.11 Å². The van der Waals surface area contributed by atoms with E-state index < -0.39 is 0 Å². The van der Waals surface area contributed by atoms with Crippen LogP contribution < -0.4 is 0 Å². The van der Waals surface area contributed by atoms with Crippen LogP contribution in [0.1, 0.15) is 26.2 Å². The van der Waals surface area contributed by atoms with Crippen molar-refractivity contribution in [1.29, 1.82) is 0 Å². The normalized spacial score (nSPS) is 36.4. The van der Waals surface area contributed by atoms with Crippen molar-refractivity contribution in [2.45, 2.75) is 37.7 Å². The summed E-state index contributed by atoms with van der Waals surface area (Å²) in [6, 6.07) is 0. The Morgan fingerprint density at radius 3 is 2.58 bits per heavy atom. The van der Waals surface area contributed by atoms with Gasteiger partial charge in [-0.05, 0) is 26.2 Å². The molecule has 1 saturated carbocycles. The summed E-state index contributed by atoms with van der Waals surface area (Å²) in [6.07, 6.45) is 2.90. The van der Waals surface area contributed by atoms with Crippen LogP contribution in [0.15, 0.2) is 0 Å². The molecule has 3 atom stereocenters. The average molecular weight is 191 g/mol. The van der Waals surface area contributed by atoms with Crippen LogP contribution in [0.5, 0.6) is 0 Å². The van der Waals surface area contributed by atoms with Gasteiger partial charge in [-0.3, -0.25) is 4.79 Å². The maximum Gasteiger partial charge on any atom is 0.134 e. The van der Waals surface area contributed by atoms with Crippen molar-refractivity contribution < 1.29 is 9.53 Å². The second kappa shape index (κ2) is 4.24. The van der Waals surface area contributed by atoms with Crippen molar-refractivity contribution in [2.24, 2.45) is 5.92 Å². The minimum atomic E-state index is -0.0267. The first-order chi connectivity index (χ1) is 5.65. The summed E-state index contributed by atoms with van der Waals surface area (Å²) < 4.78 is 5.19. The summed E-state index contributed by atoms with van der Waals surface area (Å²) in [4.78, 5) is 11.1. The molecule has 1 aliphatic rings. The van der Waals surface area contributed by atoms with E-state index in [4.69, 9.17) is 16.3 Å². The van der Waals surface area contributed by atoms with Gasteiger partial charge in [0.05, 0.1) is 6.10 Å². The van der Waals surface area contributed by atoms with Gasteiger partial charge in [-0.1, -0.05) is 0 Å². The van der Waals surface area contributed by atoms with E-state index in [1.54, 1.807) is 14.0 Å². The Balaban J connectivity index is 2.47. The number of Topliss-reactive ketones (excluding diaryl/α,β-unsaturated/α-hetero) is 1. The fourth-order valence-electron chi connectivity index (χ4n) is 1.75. The van der Waals surface area contributed by atoms with Crippen LogP contribution >= 0.6 is 11.6 Å². The van der Waals surface area contributed by atoms with Gasteiger partial charge >= 0.3 is 0 Å². The lowest BCUT2D eigenvalue weighted by Gasteiger charge is -2.30. The van der Waals surface area contributed by atoms with Crippen LogP contribution in [-0.4, -0.2) is 24.4 Å². The molecular formula is C9H15ClO2. The van der Waals surface area contributed by atoms with Crippen LogP contribution in [-0.2, 0) is 9.53 Å². The zero-order valence-electron chi connectivity index (χ0n) is 7.55. The molecule has 70 valence electrons. The molecule has 3 heteroatoms. The molecule has 0 N–H and O–H groups in total. The van der Waals surface area contributed by atoms with Gasteiger partial charge in [-0.2, -0.15) is 0 Å². The van der Waals surface area contributed by atoms with Gasteiger partial charge in [0.2, 0.25) is 0 Å². The van der Waals surface area contributed by atoms with Gasteiger partial charge < -0.3 is 4.74 Å². The highest BCUT2D eigenvalue weighted by Crippen LogP contribution is 2.30. The summed E-state index contributed by atoms with van der Waals surface area (Å²) >= 11 is 6.05. The predicted molar refractivity (Wildman–Crippen MR) is 48.5 cm³/mol. The third-order valence-electron chi connectivity index (χ3n) is 2.58. The van der Waals surface area contributed by atoms with E-state index in [1.165, 1.54) is 0 Å². The SMILES string of the molecule is COC1CCC(C(C)=O)C(Cl)C1. The lowest BCUT2D eigenvalue weighted by molar-refractivity contribution is -0.122. The first-order valence-electron chi connectivity index (χ1n) is 4.32. The van der Waals surface area contributed by atoms with Gasteiger partial charge in [0.25, 0.3) is 0 Å². The van der Waals surface area contributed by atoms with E-state index >= 15 is 0 Å². The Morgan fingerprint density at radius 2 is 2.17 bits per heavy atom. The number of carbonyl (C=O) groups excluding carboxylic acids is 1. The molecule has 0 aromatic rings. The first kappa shape index (κ1) is 10.0. The lowest BCUT2D eigenvalue weighted by atomic mass is 9.84. The Labute approximate surface area is 78.2 Å². The average Bonchev–Trinajstić information content (AvgIpc) is 2.03. The number of carbonyl (C=O) groups is 1. The van der Waals surface area contributed by atoms with Crippen LogP contribution in [0.3, 0.4) is 0 Å². The van der Waals surface area contributed by atoms with Crippen LogP contribution in [0, 0.1) is 5.92 Å². The standard InChI is InChI=1S/C9H15ClO2/c1-6(11)8-4-3-7(12-2)5-9(8)10/h7-9H,3-5H2,1-2H3. The number of hydrogen-bond acceptors (Lipinski definition) is 2. The molecular weight excluding hydrogens is 176 g/mol. The summed E-state index contributed by atoms with van der Waals surface area (Å²) in [6.45, 7) is 1.62. The van der Waals surface area contributed by atoms with Crippen molar-refractivity contribution in [1.82, 2.24) is 0 Å². The summed E-state index contributed by atoms with van der Waals surface area (Å²) in [5, 5.41) is -0.0267. The number of ketones is 1. The number of halogens is 1. The van der Waals surface area contributed by atoms with Gasteiger partial charge in [-0.25, -0.2) is 0 Å². The Kier molecular flexibility index (Phi) is 3.53. The smallest absolute Gasteiger partial charge is 0.134 e. The first-order valence-corrected chi connectivity index (χ1v) is 4.76. The molecule has 0 saturated heterocycles. The number of methoxy groups -OCH3 is 1. The molecule has 12 heavy (non-hydrogen) atoms. The Morgan fingerprint density at radius 1 is 1.50 bits per heavy atom. The minimum absolute atomic E-state index is 0.0267. The largest absolute Gasteiger partial charge is 0.381 e. The molecule has 0 heterocycles. The van der Waals surface area contributed by atoms with Crippen molar-refractivity contribution in [3.8, 4) is 0 Å². The van der Waals surface area contributed by atoms with Crippen molar-refractivity contribution in [3.63, 3.8) is 0 Å². The van der Waals surface area contributed by atoms with E-state index in [9.17, 15) is 4.79 Å². The maximum atomic E-state index is 11.1. The zero-order valence-corrected chi connectivity index (χ0v) is 8.30. The zero-order chi connectivity index (χ0) is 9.14. The van der Waals surface area contributed by atoms with Gasteiger partial charge in [0.1, 0.15) is 5.78 Å². The van der Waals surface area contributed by atoms with E-state index in [0.29, 0.717) is 0 Å². The monoisotopic (exact) mass is 190 g/mol. The van der Waals surface area contributed by atoms with E-state index in [2.05, 4.69) is 0 Å². The molecule has 2 nitrogen and oxygen atoms in total. The topological polar surface area (TPSA) is 26.3 Å². The van der Waals surface area contributed by atoms with E-state index in [1.807, 2.05) is 0 Å². The molecule has 0 spiro atoms. The number of alkyl halides is 1. The quantitative estimate of drug-likeness (QED) is 0.623. The summed E-state index contributed by atoms with van der Waals surface area (Å²) in [5.74, 6) is 0.266. The summed E-state index contributed by atoms with van der Waals surface area (Å²) in [5.41, 5.74) is 0. The van der Waals surface area contributed by atoms with E-state index in [0.717, 1.165) is 19.3 Å². The van der Waals surface area contributed by atoms with Crippen LogP contribution in [0.4, 0.5) is 0 Å². The number of hydrogen-bond donors (Lipinski definition) is 0. The highest BCUT2D eigenvalue weighted by Gasteiger charge is 2.31. The Bertz CT molecular complexity index is 170. The fraction of sp³-hybridized carbons (Fsp3) is 0.889. The molecule has 0 amide bonds. The van der Waals surface area contributed by atoms with Gasteiger partial charge in [0, 0.05) is 18.4 Å². The number of ether oxygens (including phenoxy) is 1. The molecule has 0 aliphatic heterocycles. The van der Waals surface area contributed by atoms with Crippen molar-refractivity contribution >= 4 is 17.4 Å². The second-order valence-corrected chi connectivity index (χ2v) is 3.96. The van der Waals surface area contributed by atoms with Gasteiger partial charge in [-0.15, -0.1) is 11.6 Å². The van der Waals surface area contributed by atoms with E-state index in [-0.39, 0.29) is 23.2 Å². The fourth-order valence-corrected chi connectivity index (χ4v) is 2.25. The predicted octanol–water partition coefficient (Wildman–Crippen LogP) is 2.00.